The minimum atomic E-state index is -0.222. The van der Waals surface area contributed by atoms with E-state index in [9.17, 15) is 9.59 Å². The highest BCUT2D eigenvalue weighted by Crippen LogP contribution is 2.51. The number of para-hydroxylation sites is 2. The molecule has 0 heterocycles. The van der Waals surface area contributed by atoms with Crippen LogP contribution in [0.1, 0.15) is 105 Å². The first-order valence-electron chi connectivity index (χ1n) is 15.6. The summed E-state index contributed by atoms with van der Waals surface area (Å²) in [5.41, 5.74) is 7.40. The smallest absolute Gasteiger partial charge is 0.305 e. The molecule has 1 fully saturated rings. The summed E-state index contributed by atoms with van der Waals surface area (Å²) in [6.45, 7) is 9.36. The summed E-state index contributed by atoms with van der Waals surface area (Å²) in [7, 11) is 0. The fourth-order valence-corrected chi connectivity index (χ4v) is 6.67. The third-order valence-electron chi connectivity index (χ3n) is 9.12. The SMILES string of the molecule is CCOC(=O)CCCOc1ccccc1NC(=O)c1ccc2c(c1)CC1(CCC(c3ccc(C(C)(C)C)cc3)CC1)C2. The summed E-state index contributed by atoms with van der Waals surface area (Å²) < 4.78 is 10.9. The van der Waals surface area contributed by atoms with Crippen LogP contribution < -0.4 is 10.1 Å². The van der Waals surface area contributed by atoms with E-state index in [-0.39, 0.29) is 17.3 Å². The van der Waals surface area contributed by atoms with Crippen LogP contribution in [0.3, 0.4) is 0 Å². The molecule has 0 unspecified atom stereocenters. The average molecular weight is 568 g/mol. The number of rotatable bonds is 9. The molecule has 1 spiro atoms. The molecular weight excluding hydrogens is 522 g/mol. The van der Waals surface area contributed by atoms with Gasteiger partial charge in [0.1, 0.15) is 5.75 Å². The van der Waals surface area contributed by atoms with Crippen molar-refractivity contribution in [3.63, 3.8) is 0 Å². The van der Waals surface area contributed by atoms with Crippen LogP contribution in [0.5, 0.6) is 5.75 Å². The summed E-state index contributed by atoms with van der Waals surface area (Å²) in [5, 5.41) is 3.04. The Bertz CT molecular complexity index is 1390. The second-order valence-electron chi connectivity index (χ2n) is 13.2. The lowest BCUT2D eigenvalue weighted by Crippen LogP contribution is -2.27. The predicted octanol–water partition coefficient (Wildman–Crippen LogP) is 8.40. The van der Waals surface area contributed by atoms with Crippen molar-refractivity contribution in [2.24, 2.45) is 5.41 Å². The van der Waals surface area contributed by atoms with Crippen molar-refractivity contribution in [1.82, 2.24) is 0 Å². The summed E-state index contributed by atoms with van der Waals surface area (Å²) in [5.74, 6) is 0.880. The first-order valence-corrected chi connectivity index (χ1v) is 15.6. The number of fused-ring (bicyclic) bond motifs is 1. The Labute approximate surface area is 251 Å². The molecular formula is C37H45NO4. The minimum absolute atomic E-state index is 0.135. The highest BCUT2D eigenvalue weighted by molar-refractivity contribution is 6.05. The van der Waals surface area contributed by atoms with Gasteiger partial charge >= 0.3 is 5.97 Å². The molecule has 0 aromatic heterocycles. The Hall–Kier alpha value is -3.60. The summed E-state index contributed by atoms with van der Waals surface area (Å²) in [4.78, 5) is 24.9. The molecule has 0 aliphatic heterocycles. The van der Waals surface area contributed by atoms with Gasteiger partial charge in [0.2, 0.25) is 0 Å². The molecule has 0 bridgehead atoms. The second-order valence-corrected chi connectivity index (χ2v) is 13.2. The van der Waals surface area contributed by atoms with Crippen LogP contribution in [0.25, 0.3) is 0 Å². The van der Waals surface area contributed by atoms with Gasteiger partial charge in [0.15, 0.2) is 0 Å². The van der Waals surface area contributed by atoms with Gasteiger partial charge < -0.3 is 14.8 Å². The van der Waals surface area contributed by atoms with Crippen molar-refractivity contribution in [3.8, 4) is 5.75 Å². The Balaban J connectivity index is 1.17. The van der Waals surface area contributed by atoms with E-state index in [2.05, 4.69) is 62.5 Å². The van der Waals surface area contributed by atoms with E-state index in [0.29, 0.717) is 54.4 Å². The minimum Gasteiger partial charge on any atom is -0.491 e. The van der Waals surface area contributed by atoms with Gasteiger partial charge in [-0.25, -0.2) is 0 Å². The lowest BCUT2D eigenvalue weighted by atomic mass is 9.67. The van der Waals surface area contributed by atoms with Crippen molar-refractivity contribution in [2.45, 2.75) is 90.4 Å². The van der Waals surface area contributed by atoms with Crippen LogP contribution in [0.2, 0.25) is 0 Å². The molecule has 42 heavy (non-hydrogen) atoms. The first-order chi connectivity index (χ1) is 20.2. The fraction of sp³-hybridized carbons (Fsp3) is 0.459. The van der Waals surface area contributed by atoms with Crippen LogP contribution in [0.15, 0.2) is 66.7 Å². The van der Waals surface area contributed by atoms with E-state index < -0.39 is 0 Å². The molecule has 2 aliphatic carbocycles. The van der Waals surface area contributed by atoms with Gasteiger partial charge in [0.25, 0.3) is 5.91 Å². The monoisotopic (exact) mass is 567 g/mol. The van der Waals surface area contributed by atoms with Gasteiger partial charge in [0, 0.05) is 12.0 Å². The number of benzene rings is 3. The number of anilines is 1. The van der Waals surface area contributed by atoms with Gasteiger partial charge in [0.05, 0.1) is 18.9 Å². The Morgan fingerprint density at radius 3 is 2.36 bits per heavy atom. The van der Waals surface area contributed by atoms with Crippen LogP contribution in [-0.4, -0.2) is 25.1 Å². The quantitative estimate of drug-likeness (QED) is 0.208. The van der Waals surface area contributed by atoms with Crippen molar-refractivity contribution in [2.75, 3.05) is 18.5 Å². The summed E-state index contributed by atoms with van der Waals surface area (Å²) in [6, 6.07) is 23.0. The number of carbonyl (C=O) groups is 2. The van der Waals surface area contributed by atoms with E-state index in [1.807, 2.05) is 30.3 Å². The van der Waals surface area contributed by atoms with Crippen LogP contribution in [-0.2, 0) is 27.8 Å². The average Bonchev–Trinajstić information content (AvgIpc) is 3.33. The molecule has 3 aromatic rings. The van der Waals surface area contributed by atoms with Gasteiger partial charge in [-0.15, -0.1) is 0 Å². The molecule has 5 nitrogen and oxygen atoms in total. The third kappa shape index (κ3) is 7.06. The fourth-order valence-electron chi connectivity index (χ4n) is 6.67. The second kappa shape index (κ2) is 12.7. The van der Waals surface area contributed by atoms with E-state index in [0.717, 1.165) is 12.8 Å². The van der Waals surface area contributed by atoms with Gasteiger partial charge in [-0.1, -0.05) is 63.2 Å². The van der Waals surface area contributed by atoms with Crippen molar-refractivity contribution in [3.05, 3.63) is 94.5 Å². The lowest BCUT2D eigenvalue weighted by Gasteiger charge is -2.37. The molecule has 5 rings (SSSR count). The van der Waals surface area contributed by atoms with E-state index in [1.165, 1.54) is 47.9 Å². The largest absolute Gasteiger partial charge is 0.491 e. The number of esters is 1. The topological polar surface area (TPSA) is 64.6 Å². The van der Waals surface area contributed by atoms with Crippen molar-refractivity contribution < 1.29 is 19.1 Å². The number of hydrogen-bond donors (Lipinski definition) is 1. The van der Waals surface area contributed by atoms with Gasteiger partial charge in [-0.2, -0.15) is 0 Å². The first kappa shape index (κ1) is 29.9. The highest BCUT2D eigenvalue weighted by Gasteiger charge is 2.40. The summed E-state index contributed by atoms with van der Waals surface area (Å²) in [6.07, 6.45) is 7.95. The Kier molecular flexibility index (Phi) is 9.05. The van der Waals surface area contributed by atoms with Gasteiger partial charge in [-0.05, 0) is 115 Å². The van der Waals surface area contributed by atoms with E-state index in [1.54, 1.807) is 6.92 Å². The maximum absolute atomic E-state index is 13.3. The van der Waals surface area contributed by atoms with Crippen LogP contribution in [0.4, 0.5) is 5.69 Å². The predicted molar refractivity (Wildman–Crippen MR) is 168 cm³/mol. The normalized spacial score (nSPS) is 19.8. The molecule has 0 saturated heterocycles. The molecule has 0 radical (unpaired) electrons. The van der Waals surface area contributed by atoms with Crippen molar-refractivity contribution >= 4 is 17.6 Å². The highest BCUT2D eigenvalue weighted by atomic mass is 16.5. The van der Waals surface area contributed by atoms with E-state index in [4.69, 9.17) is 9.47 Å². The maximum Gasteiger partial charge on any atom is 0.305 e. The molecule has 1 N–H and O–H groups in total. The lowest BCUT2D eigenvalue weighted by molar-refractivity contribution is -0.143. The number of nitrogens with one attached hydrogen (secondary N) is 1. The molecule has 5 heteroatoms. The van der Waals surface area contributed by atoms with Crippen LogP contribution >= 0.6 is 0 Å². The Morgan fingerprint density at radius 2 is 1.64 bits per heavy atom. The number of amides is 1. The number of carbonyl (C=O) groups excluding carboxylic acids is 2. The molecule has 1 amide bonds. The van der Waals surface area contributed by atoms with Gasteiger partial charge in [-0.3, -0.25) is 9.59 Å². The zero-order valence-corrected chi connectivity index (χ0v) is 25.6. The zero-order chi connectivity index (χ0) is 29.7. The molecule has 222 valence electrons. The van der Waals surface area contributed by atoms with Crippen molar-refractivity contribution in [1.29, 1.82) is 0 Å². The Morgan fingerprint density at radius 1 is 0.929 bits per heavy atom. The van der Waals surface area contributed by atoms with Crippen LogP contribution in [0, 0.1) is 5.41 Å². The standard InChI is InChI=1S/C37H45NO4/c1-5-41-34(39)11-8-22-42-33-10-7-6-9-32(33)38-35(40)28-12-13-29-24-37(25-30(29)23-28)20-18-27(19-21-37)26-14-16-31(17-15-26)36(2,3)4/h6-7,9-10,12-17,23,27H,5,8,11,18-22,24-25H2,1-4H3,(H,38,40). The number of hydrogen-bond acceptors (Lipinski definition) is 4. The van der Waals surface area contributed by atoms with E-state index >= 15 is 0 Å². The maximum atomic E-state index is 13.3. The molecule has 0 atom stereocenters. The molecule has 1 saturated carbocycles. The third-order valence-corrected chi connectivity index (χ3v) is 9.12. The molecule has 3 aromatic carbocycles. The molecule has 2 aliphatic rings. The number of ether oxygens (including phenoxy) is 2. The summed E-state index contributed by atoms with van der Waals surface area (Å²) >= 11 is 0. The zero-order valence-electron chi connectivity index (χ0n) is 25.6.